The summed E-state index contributed by atoms with van der Waals surface area (Å²) in [6, 6.07) is 0. The first kappa shape index (κ1) is 13.2. The Morgan fingerprint density at radius 3 is 2.71 bits per heavy atom. The lowest BCUT2D eigenvalue weighted by Crippen LogP contribution is -2.27. The van der Waals surface area contributed by atoms with Gasteiger partial charge in [0.2, 0.25) is 5.91 Å². The molecule has 0 aliphatic carbocycles. The molecule has 1 aromatic rings. The lowest BCUT2D eigenvalue weighted by Gasteiger charge is -2.07. The molecule has 6 heteroatoms. The number of aryl methyl sites for hydroxylation is 1. The van der Waals surface area contributed by atoms with Crippen molar-refractivity contribution >= 4 is 17.5 Å². The van der Waals surface area contributed by atoms with E-state index in [1.54, 1.807) is 14.0 Å². The van der Waals surface area contributed by atoms with Crippen LogP contribution in [0.15, 0.2) is 6.20 Å². The van der Waals surface area contributed by atoms with Gasteiger partial charge in [-0.15, -0.1) is 0 Å². The second kappa shape index (κ2) is 6.03. The normalized spacial score (nSPS) is 10.1. The van der Waals surface area contributed by atoms with Crippen molar-refractivity contribution in [1.82, 2.24) is 15.1 Å². The summed E-state index contributed by atoms with van der Waals surface area (Å²) in [5.74, 6) is -0.360. The van der Waals surface area contributed by atoms with Crippen molar-refractivity contribution in [3.05, 3.63) is 11.9 Å². The van der Waals surface area contributed by atoms with Crippen LogP contribution in [-0.4, -0.2) is 28.1 Å². The van der Waals surface area contributed by atoms with E-state index < -0.39 is 0 Å². The Hall–Kier alpha value is -1.85. The first-order chi connectivity index (χ1) is 8.10. The van der Waals surface area contributed by atoms with Crippen LogP contribution in [0.25, 0.3) is 0 Å². The summed E-state index contributed by atoms with van der Waals surface area (Å²) < 4.78 is 1.45. The molecule has 0 fully saturated rings. The van der Waals surface area contributed by atoms with Gasteiger partial charge in [0.25, 0.3) is 5.91 Å². The van der Waals surface area contributed by atoms with Gasteiger partial charge in [0.05, 0.1) is 11.9 Å². The first-order valence-corrected chi connectivity index (χ1v) is 5.70. The zero-order valence-corrected chi connectivity index (χ0v) is 10.4. The van der Waals surface area contributed by atoms with E-state index in [9.17, 15) is 9.59 Å². The van der Waals surface area contributed by atoms with Gasteiger partial charge in [0, 0.05) is 20.0 Å². The molecule has 17 heavy (non-hydrogen) atoms. The van der Waals surface area contributed by atoms with Crippen LogP contribution in [0.5, 0.6) is 0 Å². The molecule has 1 rings (SSSR count). The Morgan fingerprint density at radius 1 is 1.41 bits per heavy atom. The third-order valence-electron chi connectivity index (χ3n) is 2.28. The Balaban J connectivity index is 2.86. The topological polar surface area (TPSA) is 76.0 Å². The molecule has 0 saturated heterocycles. The highest BCUT2D eigenvalue weighted by Gasteiger charge is 2.17. The minimum absolute atomic E-state index is 0.137. The van der Waals surface area contributed by atoms with E-state index in [1.165, 1.54) is 10.9 Å². The number of anilines is 1. The molecule has 94 valence electrons. The van der Waals surface area contributed by atoms with Crippen LogP contribution in [0.4, 0.5) is 5.69 Å². The van der Waals surface area contributed by atoms with Gasteiger partial charge in [-0.3, -0.25) is 14.3 Å². The van der Waals surface area contributed by atoms with Crippen molar-refractivity contribution < 1.29 is 9.59 Å². The second-order valence-corrected chi connectivity index (χ2v) is 3.69. The molecular formula is C11H18N4O2. The molecule has 0 aliphatic heterocycles. The summed E-state index contributed by atoms with van der Waals surface area (Å²) in [6.07, 6.45) is 2.71. The van der Waals surface area contributed by atoms with E-state index in [2.05, 4.69) is 15.7 Å². The van der Waals surface area contributed by atoms with Crippen molar-refractivity contribution in [2.24, 2.45) is 7.05 Å². The number of nitrogens with one attached hydrogen (secondary N) is 2. The van der Waals surface area contributed by atoms with Gasteiger partial charge in [-0.2, -0.15) is 5.10 Å². The van der Waals surface area contributed by atoms with Crippen LogP contribution < -0.4 is 10.6 Å². The van der Waals surface area contributed by atoms with Crippen LogP contribution >= 0.6 is 0 Å². The molecule has 1 heterocycles. The fourth-order valence-corrected chi connectivity index (χ4v) is 1.36. The largest absolute Gasteiger partial charge is 0.351 e. The second-order valence-electron chi connectivity index (χ2n) is 3.69. The highest BCUT2D eigenvalue weighted by atomic mass is 16.2. The van der Waals surface area contributed by atoms with E-state index >= 15 is 0 Å². The molecule has 2 amide bonds. The van der Waals surface area contributed by atoms with Crippen LogP contribution in [0.3, 0.4) is 0 Å². The molecule has 6 nitrogen and oxygen atoms in total. The zero-order chi connectivity index (χ0) is 12.8. The number of rotatable bonds is 5. The molecule has 0 unspecified atom stereocenters. The van der Waals surface area contributed by atoms with Crippen LogP contribution in [0, 0.1) is 0 Å². The van der Waals surface area contributed by atoms with E-state index in [0.29, 0.717) is 24.3 Å². The average molecular weight is 238 g/mol. The lowest BCUT2D eigenvalue weighted by molar-refractivity contribution is -0.115. The molecule has 1 aromatic heterocycles. The maximum atomic E-state index is 11.9. The number of hydrogen-bond donors (Lipinski definition) is 2. The molecule has 0 aliphatic rings. The zero-order valence-electron chi connectivity index (χ0n) is 10.4. The van der Waals surface area contributed by atoms with Crippen molar-refractivity contribution in [3.63, 3.8) is 0 Å². The monoisotopic (exact) mass is 238 g/mol. The molecule has 2 N–H and O–H groups in total. The number of nitrogens with zero attached hydrogens (tertiary/aromatic N) is 2. The highest BCUT2D eigenvalue weighted by Crippen LogP contribution is 2.14. The average Bonchev–Trinajstić information content (AvgIpc) is 2.67. The standard InChI is InChI=1S/C11H18N4O2/c1-4-6-12-11(17)10-8(7-13-15(10)3)14-9(16)5-2/h7H,4-6H2,1-3H3,(H,12,17)(H,14,16). The summed E-state index contributed by atoms with van der Waals surface area (Å²) in [6.45, 7) is 4.33. The molecule has 0 aromatic carbocycles. The smallest absolute Gasteiger partial charge is 0.271 e. The third-order valence-corrected chi connectivity index (χ3v) is 2.28. The minimum Gasteiger partial charge on any atom is -0.351 e. The summed E-state index contributed by atoms with van der Waals surface area (Å²) in [7, 11) is 1.67. The number of aromatic nitrogens is 2. The Morgan fingerprint density at radius 2 is 2.12 bits per heavy atom. The Bertz CT molecular complexity index is 412. The van der Waals surface area contributed by atoms with Gasteiger partial charge in [-0.1, -0.05) is 13.8 Å². The summed E-state index contributed by atoms with van der Waals surface area (Å²) in [4.78, 5) is 23.2. The number of carbonyl (C=O) groups is 2. The number of hydrogen-bond acceptors (Lipinski definition) is 3. The molecule has 0 saturated carbocycles. The molecule has 0 atom stereocenters. The number of carbonyl (C=O) groups excluding carboxylic acids is 2. The van der Waals surface area contributed by atoms with Crippen molar-refractivity contribution in [2.75, 3.05) is 11.9 Å². The molecule has 0 bridgehead atoms. The van der Waals surface area contributed by atoms with Gasteiger partial charge in [-0.05, 0) is 6.42 Å². The minimum atomic E-state index is -0.224. The summed E-state index contributed by atoms with van der Waals surface area (Å²) >= 11 is 0. The number of amides is 2. The molecule has 0 radical (unpaired) electrons. The maximum Gasteiger partial charge on any atom is 0.271 e. The van der Waals surface area contributed by atoms with Gasteiger partial charge in [-0.25, -0.2) is 0 Å². The molecule has 0 spiro atoms. The lowest BCUT2D eigenvalue weighted by atomic mass is 10.3. The fourth-order valence-electron chi connectivity index (χ4n) is 1.36. The third kappa shape index (κ3) is 3.30. The first-order valence-electron chi connectivity index (χ1n) is 5.70. The molecular weight excluding hydrogens is 220 g/mol. The van der Waals surface area contributed by atoms with Gasteiger partial charge >= 0.3 is 0 Å². The summed E-state index contributed by atoms with van der Waals surface area (Å²) in [5, 5.41) is 9.39. The van der Waals surface area contributed by atoms with E-state index in [0.717, 1.165) is 6.42 Å². The van der Waals surface area contributed by atoms with Crippen molar-refractivity contribution in [1.29, 1.82) is 0 Å². The van der Waals surface area contributed by atoms with Gasteiger partial charge < -0.3 is 10.6 Å². The van der Waals surface area contributed by atoms with Crippen molar-refractivity contribution in [2.45, 2.75) is 26.7 Å². The van der Waals surface area contributed by atoms with Gasteiger partial charge in [0.15, 0.2) is 0 Å². The Kier molecular flexibility index (Phi) is 4.68. The van der Waals surface area contributed by atoms with Crippen LogP contribution in [0.1, 0.15) is 37.2 Å². The van der Waals surface area contributed by atoms with E-state index in [4.69, 9.17) is 0 Å². The van der Waals surface area contributed by atoms with Crippen LogP contribution in [-0.2, 0) is 11.8 Å². The van der Waals surface area contributed by atoms with E-state index in [-0.39, 0.29) is 11.8 Å². The quantitative estimate of drug-likeness (QED) is 0.800. The Labute approximate surface area is 100 Å². The predicted molar refractivity (Wildman–Crippen MR) is 64.8 cm³/mol. The highest BCUT2D eigenvalue weighted by molar-refractivity contribution is 6.02. The fraction of sp³-hybridized carbons (Fsp3) is 0.545. The maximum absolute atomic E-state index is 11.9. The SMILES string of the molecule is CCCNC(=O)c1c(NC(=O)CC)cnn1C. The predicted octanol–water partition coefficient (Wildman–Crippen LogP) is 0.908. The van der Waals surface area contributed by atoms with E-state index in [1.807, 2.05) is 6.92 Å². The van der Waals surface area contributed by atoms with Crippen LogP contribution in [0.2, 0.25) is 0 Å². The summed E-state index contributed by atoms with van der Waals surface area (Å²) in [5.41, 5.74) is 0.827. The van der Waals surface area contributed by atoms with Gasteiger partial charge in [0.1, 0.15) is 5.69 Å². The van der Waals surface area contributed by atoms with Crippen molar-refractivity contribution in [3.8, 4) is 0 Å².